The van der Waals surface area contributed by atoms with Crippen molar-refractivity contribution in [1.29, 1.82) is 0 Å². The van der Waals surface area contributed by atoms with Crippen LogP contribution in [0.25, 0.3) is 10.9 Å². The Morgan fingerprint density at radius 3 is 2.63 bits per heavy atom. The molecule has 1 aromatic carbocycles. The van der Waals surface area contributed by atoms with E-state index in [1.807, 2.05) is 28.1 Å². The van der Waals surface area contributed by atoms with Crippen molar-refractivity contribution in [1.82, 2.24) is 20.1 Å². The molecule has 0 atom stereocenters. The van der Waals surface area contributed by atoms with Crippen LogP contribution >= 0.6 is 0 Å². The maximum absolute atomic E-state index is 12.6. The van der Waals surface area contributed by atoms with E-state index in [-0.39, 0.29) is 17.9 Å². The van der Waals surface area contributed by atoms with Crippen molar-refractivity contribution in [2.45, 2.75) is 19.4 Å². The molecule has 1 aromatic heterocycles. The van der Waals surface area contributed by atoms with Gasteiger partial charge in [0.05, 0.1) is 13.2 Å². The quantitative estimate of drug-likeness (QED) is 0.867. The van der Waals surface area contributed by atoms with Crippen molar-refractivity contribution >= 4 is 22.8 Å². The van der Waals surface area contributed by atoms with E-state index >= 15 is 0 Å². The predicted molar refractivity (Wildman–Crippen MR) is 102 cm³/mol. The van der Waals surface area contributed by atoms with Crippen molar-refractivity contribution in [2.24, 2.45) is 5.92 Å². The van der Waals surface area contributed by atoms with Crippen molar-refractivity contribution in [3.8, 4) is 0 Å². The molecule has 0 bridgehead atoms. The van der Waals surface area contributed by atoms with Crippen LogP contribution in [0.4, 0.5) is 4.79 Å². The Balaban J connectivity index is 1.25. The van der Waals surface area contributed by atoms with Crippen molar-refractivity contribution < 1.29 is 14.3 Å². The van der Waals surface area contributed by atoms with Crippen LogP contribution in [0, 0.1) is 5.92 Å². The van der Waals surface area contributed by atoms with Gasteiger partial charge >= 0.3 is 6.03 Å². The van der Waals surface area contributed by atoms with E-state index in [0.29, 0.717) is 45.9 Å². The molecule has 3 amide bonds. The average molecular weight is 370 g/mol. The molecule has 2 N–H and O–H groups in total. The molecule has 4 rings (SSSR count). The second kappa shape index (κ2) is 8.00. The van der Waals surface area contributed by atoms with Gasteiger partial charge in [0.1, 0.15) is 0 Å². The molecule has 0 unspecified atom stereocenters. The number of hydrogen-bond acceptors (Lipinski definition) is 3. The number of H-pyrrole nitrogens is 1. The number of nitrogens with zero attached hydrogens (tertiary/aromatic N) is 2. The molecule has 3 heterocycles. The summed E-state index contributed by atoms with van der Waals surface area (Å²) in [7, 11) is 0. The van der Waals surface area contributed by atoms with E-state index < -0.39 is 0 Å². The summed E-state index contributed by atoms with van der Waals surface area (Å²) in [6.07, 6.45) is 3.38. The van der Waals surface area contributed by atoms with E-state index in [1.54, 1.807) is 0 Å². The fraction of sp³-hybridized carbons (Fsp3) is 0.500. The zero-order valence-electron chi connectivity index (χ0n) is 15.4. The number of aromatic amines is 1. The zero-order valence-corrected chi connectivity index (χ0v) is 15.4. The smallest absolute Gasteiger partial charge is 0.317 e. The number of nitrogens with one attached hydrogen (secondary N) is 2. The number of hydrogen-bond donors (Lipinski definition) is 2. The molecular weight excluding hydrogens is 344 g/mol. The van der Waals surface area contributed by atoms with Gasteiger partial charge in [-0.15, -0.1) is 0 Å². The van der Waals surface area contributed by atoms with Gasteiger partial charge in [-0.3, -0.25) is 4.79 Å². The Kier molecular flexibility index (Phi) is 5.29. The molecule has 7 heteroatoms. The van der Waals surface area contributed by atoms with Crippen LogP contribution in [0.1, 0.15) is 18.4 Å². The summed E-state index contributed by atoms with van der Waals surface area (Å²) in [6, 6.07) is 8.11. The number of amides is 3. The number of piperidine rings is 1. The van der Waals surface area contributed by atoms with Gasteiger partial charge < -0.3 is 24.8 Å². The van der Waals surface area contributed by atoms with Crippen LogP contribution in [0.3, 0.4) is 0 Å². The van der Waals surface area contributed by atoms with E-state index in [2.05, 4.69) is 22.4 Å². The maximum atomic E-state index is 12.6. The summed E-state index contributed by atoms with van der Waals surface area (Å²) in [5, 5.41) is 4.16. The standard InChI is InChI=1S/C20H26N4O3/c25-19(23-9-11-27-12-10-23)17-4-7-24(8-5-17)20(26)22-14-15-1-2-16-3-6-21-18(16)13-15/h1-3,6,13,17,21H,4-5,7-12,14H2,(H,22,26). The fourth-order valence-electron chi connectivity index (χ4n) is 3.87. The van der Waals surface area contributed by atoms with Crippen molar-refractivity contribution in [3.63, 3.8) is 0 Å². The number of aromatic nitrogens is 1. The highest BCUT2D eigenvalue weighted by atomic mass is 16.5. The van der Waals surface area contributed by atoms with Gasteiger partial charge in [-0.05, 0) is 35.9 Å². The van der Waals surface area contributed by atoms with Gasteiger partial charge in [0.2, 0.25) is 5.91 Å². The van der Waals surface area contributed by atoms with E-state index in [4.69, 9.17) is 4.74 Å². The van der Waals surface area contributed by atoms with Gasteiger partial charge in [-0.25, -0.2) is 4.79 Å². The lowest BCUT2D eigenvalue weighted by Gasteiger charge is -2.35. The molecule has 2 aromatic rings. The first-order chi connectivity index (χ1) is 13.2. The summed E-state index contributed by atoms with van der Waals surface area (Å²) in [5.41, 5.74) is 2.14. The molecule has 0 spiro atoms. The first-order valence-corrected chi connectivity index (χ1v) is 9.66. The molecule has 7 nitrogen and oxygen atoms in total. The number of carbonyl (C=O) groups excluding carboxylic acids is 2. The first-order valence-electron chi connectivity index (χ1n) is 9.66. The Morgan fingerprint density at radius 1 is 1.07 bits per heavy atom. The molecular formula is C20H26N4O3. The highest BCUT2D eigenvalue weighted by Crippen LogP contribution is 2.20. The van der Waals surface area contributed by atoms with Gasteiger partial charge in [0.15, 0.2) is 0 Å². The van der Waals surface area contributed by atoms with Crippen LogP contribution in [-0.2, 0) is 16.1 Å². The second-order valence-corrected chi connectivity index (χ2v) is 7.26. The third-order valence-electron chi connectivity index (χ3n) is 5.52. The van der Waals surface area contributed by atoms with E-state index in [0.717, 1.165) is 29.3 Å². The van der Waals surface area contributed by atoms with Gasteiger partial charge in [-0.1, -0.05) is 12.1 Å². The third kappa shape index (κ3) is 4.08. The fourth-order valence-corrected chi connectivity index (χ4v) is 3.87. The Morgan fingerprint density at radius 2 is 1.85 bits per heavy atom. The maximum Gasteiger partial charge on any atom is 0.317 e. The summed E-state index contributed by atoms with van der Waals surface area (Å²) < 4.78 is 5.31. The number of carbonyl (C=O) groups is 2. The lowest BCUT2D eigenvalue weighted by molar-refractivity contribution is -0.141. The van der Waals surface area contributed by atoms with E-state index in [1.165, 1.54) is 0 Å². The Bertz CT molecular complexity index is 804. The molecule has 2 aliphatic rings. The minimum atomic E-state index is -0.0566. The predicted octanol–water partition coefficient (Wildman–Crippen LogP) is 1.95. The monoisotopic (exact) mass is 370 g/mol. The minimum Gasteiger partial charge on any atom is -0.378 e. The van der Waals surface area contributed by atoms with Gasteiger partial charge in [-0.2, -0.15) is 0 Å². The summed E-state index contributed by atoms with van der Waals surface area (Å²) in [4.78, 5) is 31.9. The van der Waals surface area contributed by atoms with Crippen LogP contribution < -0.4 is 5.32 Å². The molecule has 0 saturated carbocycles. The molecule has 27 heavy (non-hydrogen) atoms. The lowest BCUT2D eigenvalue weighted by Crippen LogP contribution is -2.49. The number of ether oxygens (including phenoxy) is 1. The van der Waals surface area contributed by atoms with E-state index in [9.17, 15) is 9.59 Å². The number of likely N-dealkylation sites (tertiary alicyclic amines) is 1. The molecule has 2 fully saturated rings. The Hall–Kier alpha value is -2.54. The third-order valence-corrected chi connectivity index (χ3v) is 5.52. The number of benzene rings is 1. The van der Waals surface area contributed by atoms with Crippen LogP contribution in [0.2, 0.25) is 0 Å². The molecule has 0 aliphatic carbocycles. The molecule has 144 valence electrons. The largest absolute Gasteiger partial charge is 0.378 e. The highest BCUT2D eigenvalue weighted by Gasteiger charge is 2.30. The summed E-state index contributed by atoms with van der Waals surface area (Å²) in [5.74, 6) is 0.250. The number of rotatable bonds is 3. The number of urea groups is 1. The SMILES string of the molecule is O=C(NCc1ccc2cc[nH]c2c1)N1CCC(C(=O)N2CCOCC2)CC1. The van der Waals surface area contributed by atoms with Crippen molar-refractivity contribution in [3.05, 3.63) is 36.0 Å². The average Bonchev–Trinajstić information content (AvgIpc) is 3.20. The highest BCUT2D eigenvalue weighted by molar-refractivity contribution is 5.81. The minimum absolute atomic E-state index is 0.0300. The zero-order chi connectivity index (χ0) is 18.6. The Labute approximate surface area is 158 Å². The van der Waals surface area contributed by atoms with Gasteiger partial charge in [0.25, 0.3) is 0 Å². The van der Waals surface area contributed by atoms with Crippen LogP contribution in [0.5, 0.6) is 0 Å². The summed E-state index contributed by atoms with van der Waals surface area (Å²) >= 11 is 0. The lowest BCUT2D eigenvalue weighted by atomic mass is 9.95. The molecule has 2 saturated heterocycles. The number of fused-ring (bicyclic) bond motifs is 1. The van der Waals surface area contributed by atoms with Gasteiger partial charge in [0, 0.05) is 50.4 Å². The molecule has 2 aliphatic heterocycles. The topological polar surface area (TPSA) is 77.7 Å². The first kappa shape index (κ1) is 17.9. The van der Waals surface area contributed by atoms with Crippen molar-refractivity contribution in [2.75, 3.05) is 39.4 Å². The number of morpholine rings is 1. The van der Waals surface area contributed by atoms with Crippen LogP contribution in [0.15, 0.2) is 30.5 Å². The molecule has 0 radical (unpaired) electrons. The summed E-state index contributed by atoms with van der Waals surface area (Å²) in [6.45, 7) is 4.38. The van der Waals surface area contributed by atoms with Crippen LogP contribution in [-0.4, -0.2) is 66.1 Å². The second-order valence-electron chi connectivity index (χ2n) is 7.26. The normalized spacial score (nSPS) is 18.7.